The van der Waals surface area contributed by atoms with E-state index in [1.807, 2.05) is 12.1 Å². The molecule has 0 aliphatic heterocycles. The first kappa shape index (κ1) is 14.1. The smallest absolute Gasteiger partial charge is 0.259 e. The lowest BCUT2D eigenvalue weighted by Gasteiger charge is -2.05. The summed E-state index contributed by atoms with van der Waals surface area (Å²) in [6.07, 6.45) is 5.41. The third-order valence-corrected chi connectivity index (χ3v) is 2.31. The molecule has 1 heterocycles. The Morgan fingerprint density at radius 3 is 3.06 bits per heavy atom. The van der Waals surface area contributed by atoms with Crippen molar-refractivity contribution in [3.05, 3.63) is 40.2 Å². The minimum Gasteiger partial charge on any atom is -0.368 e. The Morgan fingerprint density at radius 1 is 1.61 bits per heavy atom. The second-order valence-corrected chi connectivity index (χ2v) is 3.90. The van der Waals surface area contributed by atoms with Crippen LogP contribution in [0.4, 0.5) is 0 Å². The monoisotopic (exact) mass is 250 g/mol. The van der Waals surface area contributed by atoms with Crippen LogP contribution >= 0.6 is 0 Å². The van der Waals surface area contributed by atoms with Crippen molar-refractivity contribution < 1.29 is 4.92 Å². The maximum absolute atomic E-state index is 10.5. The summed E-state index contributed by atoms with van der Waals surface area (Å²) in [5.74, 6) is 0.428. The van der Waals surface area contributed by atoms with Crippen LogP contribution in [0.2, 0.25) is 0 Å². The molecule has 0 spiro atoms. The minimum atomic E-state index is -0.374. The summed E-state index contributed by atoms with van der Waals surface area (Å²) < 4.78 is 0. The molecule has 0 aliphatic carbocycles. The van der Waals surface area contributed by atoms with E-state index in [0.29, 0.717) is 12.4 Å². The van der Waals surface area contributed by atoms with Crippen molar-refractivity contribution in [3.8, 4) is 0 Å². The van der Waals surface area contributed by atoms with E-state index in [2.05, 4.69) is 22.2 Å². The topological polar surface area (TPSA) is 80.4 Å². The van der Waals surface area contributed by atoms with E-state index in [4.69, 9.17) is 0 Å². The molecule has 98 valence electrons. The largest absolute Gasteiger partial charge is 0.368 e. The molecule has 6 heteroatoms. The molecule has 0 saturated heterocycles. The first-order valence-electron chi connectivity index (χ1n) is 6.00. The number of nitro groups is 1. The van der Waals surface area contributed by atoms with Gasteiger partial charge in [0.25, 0.3) is 6.54 Å². The van der Waals surface area contributed by atoms with Crippen LogP contribution in [-0.4, -0.2) is 28.8 Å². The van der Waals surface area contributed by atoms with Crippen LogP contribution in [0.3, 0.4) is 0 Å². The Balaban J connectivity index is 2.55. The molecule has 0 atom stereocenters. The molecule has 0 unspecified atom stereocenters. The van der Waals surface area contributed by atoms with Crippen molar-refractivity contribution in [2.45, 2.75) is 26.3 Å². The standard InChI is InChI=1S/C12H18N4O2/c1-2-3-7-14-12(10-16(17)18)15-9-11-5-4-6-13-8-11/h4-6,8H,2-3,7,9-10H2,1H3,(H,14,15). The summed E-state index contributed by atoms with van der Waals surface area (Å²) in [4.78, 5) is 18.4. The zero-order valence-corrected chi connectivity index (χ0v) is 10.5. The molecular formula is C12H18N4O2. The van der Waals surface area contributed by atoms with Crippen LogP contribution in [0.15, 0.2) is 29.5 Å². The van der Waals surface area contributed by atoms with Crippen molar-refractivity contribution in [2.75, 3.05) is 13.1 Å². The zero-order chi connectivity index (χ0) is 13.2. The van der Waals surface area contributed by atoms with E-state index < -0.39 is 0 Å². The van der Waals surface area contributed by atoms with Crippen LogP contribution in [-0.2, 0) is 6.54 Å². The predicted molar refractivity (Wildman–Crippen MR) is 70.1 cm³/mol. The molecule has 0 aliphatic rings. The summed E-state index contributed by atoms with van der Waals surface area (Å²) in [5.41, 5.74) is 0.940. The highest BCUT2D eigenvalue weighted by atomic mass is 16.6. The highest BCUT2D eigenvalue weighted by Gasteiger charge is 2.06. The number of unbranched alkanes of at least 4 members (excludes halogenated alkanes) is 1. The predicted octanol–water partition coefficient (Wildman–Crippen LogP) is 1.65. The number of hydrogen-bond acceptors (Lipinski definition) is 4. The van der Waals surface area contributed by atoms with Gasteiger partial charge in [0, 0.05) is 23.9 Å². The Kier molecular flexibility index (Phi) is 6.38. The summed E-state index contributed by atoms with van der Waals surface area (Å²) in [6, 6.07) is 3.72. The Hall–Kier alpha value is -1.98. The van der Waals surface area contributed by atoms with Crippen LogP contribution in [0.25, 0.3) is 0 Å². The lowest BCUT2D eigenvalue weighted by atomic mass is 10.3. The SMILES string of the molecule is CCCCNC(C[N+](=O)[O-])=NCc1cccnc1. The highest BCUT2D eigenvalue weighted by molar-refractivity contribution is 5.83. The fraction of sp³-hybridized carbons (Fsp3) is 0.500. The van der Waals surface area contributed by atoms with E-state index in [9.17, 15) is 10.1 Å². The molecule has 0 bridgehead atoms. The summed E-state index contributed by atoms with van der Waals surface area (Å²) >= 11 is 0. The lowest BCUT2D eigenvalue weighted by molar-refractivity contribution is -0.463. The van der Waals surface area contributed by atoms with Crippen molar-refractivity contribution in [3.63, 3.8) is 0 Å². The fourth-order valence-corrected chi connectivity index (χ4v) is 1.37. The lowest BCUT2D eigenvalue weighted by Crippen LogP contribution is -2.31. The van der Waals surface area contributed by atoms with Gasteiger partial charge in [-0.05, 0) is 18.1 Å². The summed E-state index contributed by atoms with van der Waals surface area (Å²) in [7, 11) is 0. The third kappa shape index (κ3) is 5.93. The average Bonchev–Trinajstić information content (AvgIpc) is 2.37. The summed E-state index contributed by atoms with van der Waals surface area (Å²) in [5, 5.41) is 13.5. The molecule has 0 saturated carbocycles. The van der Waals surface area contributed by atoms with Gasteiger partial charge in [-0.1, -0.05) is 19.4 Å². The molecule has 1 aromatic rings. The van der Waals surface area contributed by atoms with Gasteiger partial charge in [-0.3, -0.25) is 20.1 Å². The number of hydrogen-bond donors (Lipinski definition) is 1. The molecular weight excluding hydrogens is 232 g/mol. The van der Waals surface area contributed by atoms with Gasteiger partial charge in [0.15, 0.2) is 5.84 Å². The third-order valence-electron chi connectivity index (χ3n) is 2.31. The molecule has 0 radical (unpaired) electrons. The van der Waals surface area contributed by atoms with Gasteiger partial charge in [0.05, 0.1) is 6.54 Å². The van der Waals surface area contributed by atoms with Gasteiger partial charge in [0.2, 0.25) is 0 Å². The van der Waals surface area contributed by atoms with E-state index in [0.717, 1.165) is 24.9 Å². The number of nitrogens with one attached hydrogen (secondary N) is 1. The molecule has 18 heavy (non-hydrogen) atoms. The maximum atomic E-state index is 10.5. The highest BCUT2D eigenvalue weighted by Crippen LogP contribution is 1.98. The zero-order valence-electron chi connectivity index (χ0n) is 10.5. The van der Waals surface area contributed by atoms with Crippen LogP contribution in [0.1, 0.15) is 25.3 Å². The van der Waals surface area contributed by atoms with Gasteiger partial charge in [0.1, 0.15) is 0 Å². The van der Waals surface area contributed by atoms with Crippen molar-refractivity contribution in [2.24, 2.45) is 4.99 Å². The number of amidine groups is 1. The summed E-state index contributed by atoms with van der Waals surface area (Å²) in [6.45, 7) is 2.94. The number of aromatic nitrogens is 1. The molecule has 1 N–H and O–H groups in total. The molecule has 0 aromatic carbocycles. The second-order valence-electron chi connectivity index (χ2n) is 3.90. The van der Waals surface area contributed by atoms with Crippen LogP contribution < -0.4 is 5.32 Å². The van der Waals surface area contributed by atoms with Crippen LogP contribution in [0.5, 0.6) is 0 Å². The average molecular weight is 250 g/mol. The number of rotatable bonds is 7. The maximum Gasteiger partial charge on any atom is 0.259 e. The molecule has 0 amide bonds. The Labute approximate surface area is 106 Å². The van der Waals surface area contributed by atoms with Gasteiger partial charge in [-0.25, -0.2) is 0 Å². The first-order chi connectivity index (χ1) is 8.72. The van der Waals surface area contributed by atoms with Crippen molar-refractivity contribution in [1.29, 1.82) is 0 Å². The fourth-order valence-electron chi connectivity index (χ4n) is 1.37. The quantitative estimate of drug-likeness (QED) is 0.262. The minimum absolute atomic E-state index is 0.260. The number of nitrogens with zero attached hydrogens (tertiary/aromatic N) is 3. The van der Waals surface area contributed by atoms with Gasteiger partial charge >= 0.3 is 0 Å². The van der Waals surface area contributed by atoms with Crippen LogP contribution in [0, 0.1) is 10.1 Å². The Bertz CT molecular complexity index is 392. The molecule has 1 aromatic heterocycles. The molecule has 0 fully saturated rings. The number of pyridine rings is 1. The Morgan fingerprint density at radius 2 is 2.44 bits per heavy atom. The number of aliphatic imine (C=N–C) groups is 1. The molecule has 6 nitrogen and oxygen atoms in total. The van der Waals surface area contributed by atoms with Crippen molar-refractivity contribution in [1.82, 2.24) is 10.3 Å². The van der Waals surface area contributed by atoms with E-state index in [1.165, 1.54) is 0 Å². The first-order valence-corrected chi connectivity index (χ1v) is 6.00. The molecule has 1 rings (SSSR count). The van der Waals surface area contributed by atoms with Crippen molar-refractivity contribution >= 4 is 5.84 Å². The van der Waals surface area contributed by atoms with E-state index >= 15 is 0 Å². The van der Waals surface area contributed by atoms with Gasteiger partial charge in [-0.15, -0.1) is 0 Å². The van der Waals surface area contributed by atoms with Gasteiger partial charge < -0.3 is 5.32 Å². The van der Waals surface area contributed by atoms with E-state index in [1.54, 1.807) is 12.4 Å². The second kappa shape index (κ2) is 8.16. The van der Waals surface area contributed by atoms with Gasteiger partial charge in [-0.2, -0.15) is 0 Å². The normalized spacial score (nSPS) is 11.3. The van der Waals surface area contributed by atoms with E-state index in [-0.39, 0.29) is 11.5 Å².